The summed E-state index contributed by atoms with van der Waals surface area (Å²) >= 11 is 0. The van der Waals surface area contributed by atoms with E-state index in [9.17, 15) is 0 Å². The van der Waals surface area contributed by atoms with Crippen LogP contribution in [-0.2, 0) is 0 Å². The Morgan fingerprint density at radius 1 is 1.40 bits per heavy atom. The first-order valence-electron chi connectivity index (χ1n) is 3.58. The average Bonchev–Trinajstić information content (AvgIpc) is 1.89. The van der Waals surface area contributed by atoms with Gasteiger partial charge < -0.3 is 0 Å². The normalized spacial score (nSPS) is 13.7. The first-order valence-corrected chi connectivity index (χ1v) is 3.58. The molecule has 0 saturated carbocycles. The zero-order valence-electron chi connectivity index (χ0n) is 6.96. The van der Waals surface area contributed by atoms with Crippen LogP contribution < -0.4 is 0 Å². The molecule has 0 aromatic rings. The molecule has 56 valence electrons. The van der Waals surface area contributed by atoms with Crippen LogP contribution in [0.25, 0.3) is 0 Å². The van der Waals surface area contributed by atoms with Gasteiger partial charge in [-0.2, -0.15) is 0 Å². The van der Waals surface area contributed by atoms with E-state index < -0.39 is 0 Å². The Bertz CT molecular complexity index is 152. The van der Waals surface area contributed by atoms with Crippen molar-refractivity contribution in [1.29, 1.82) is 0 Å². The number of hydrogen-bond donors (Lipinski definition) is 0. The molecule has 0 unspecified atom stereocenters. The molecule has 0 spiro atoms. The smallest absolute Gasteiger partial charge is 0.0331 e. The van der Waals surface area contributed by atoms with E-state index in [4.69, 9.17) is 0 Å². The molecule has 0 N–H and O–H groups in total. The van der Waals surface area contributed by atoms with Gasteiger partial charge in [0, 0.05) is 11.9 Å². The summed E-state index contributed by atoms with van der Waals surface area (Å²) in [4.78, 5) is 4.10. The minimum atomic E-state index is 0.986. The maximum atomic E-state index is 4.10. The van der Waals surface area contributed by atoms with Crippen LogP contribution in [0.1, 0.15) is 27.2 Å². The SMILES string of the molecule is CC=NC(C)=CC/C=C/C. The Morgan fingerprint density at radius 2 is 2.10 bits per heavy atom. The van der Waals surface area contributed by atoms with E-state index in [1.165, 1.54) is 0 Å². The van der Waals surface area contributed by atoms with Crippen LogP contribution in [-0.4, -0.2) is 6.21 Å². The molecule has 0 atom stereocenters. The summed E-state index contributed by atoms with van der Waals surface area (Å²) in [5.41, 5.74) is 1.08. The fraction of sp³-hybridized carbons (Fsp3) is 0.444. The van der Waals surface area contributed by atoms with Crippen molar-refractivity contribution >= 4 is 6.21 Å². The highest BCUT2D eigenvalue weighted by atomic mass is 14.7. The van der Waals surface area contributed by atoms with E-state index in [-0.39, 0.29) is 0 Å². The summed E-state index contributed by atoms with van der Waals surface area (Å²) in [6.45, 7) is 5.95. The van der Waals surface area contributed by atoms with E-state index >= 15 is 0 Å². The lowest BCUT2D eigenvalue weighted by atomic mass is 10.3. The molecule has 1 nitrogen and oxygen atoms in total. The summed E-state index contributed by atoms with van der Waals surface area (Å²) in [7, 11) is 0. The molecule has 0 fully saturated rings. The van der Waals surface area contributed by atoms with Gasteiger partial charge in [0.1, 0.15) is 0 Å². The molecule has 0 amide bonds. The average molecular weight is 137 g/mol. The van der Waals surface area contributed by atoms with Crippen LogP contribution in [0.3, 0.4) is 0 Å². The van der Waals surface area contributed by atoms with Crippen LogP contribution in [0, 0.1) is 0 Å². The van der Waals surface area contributed by atoms with Crippen LogP contribution >= 0.6 is 0 Å². The van der Waals surface area contributed by atoms with Crippen molar-refractivity contribution in [2.75, 3.05) is 0 Å². The standard InChI is InChI=1S/C9H15N/c1-4-6-7-8-9(3)10-5-2/h4-6,8H,7H2,1-3H3/b6-4+,9-8?,10-5?. The summed E-state index contributed by atoms with van der Waals surface area (Å²) in [5.74, 6) is 0. The van der Waals surface area contributed by atoms with Gasteiger partial charge in [-0.15, -0.1) is 0 Å². The second kappa shape index (κ2) is 6.27. The monoisotopic (exact) mass is 137 g/mol. The van der Waals surface area contributed by atoms with Gasteiger partial charge in [-0.05, 0) is 27.2 Å². The second-order valence-corrected chi connectivity index (χ2v) is 2.04. The van der Waals surface area contributed by atoms with E-state index in [2.05, 4.69) is 17.1 Å². The molecule has 10 heavy (non-hydrogen) atoms. The van der Waals surface area contributed by atoms with Crippen molar-refractivity contribution in [2.45, 2.75) is 27.2 Å². The van der Waals surface area contributed by atoms with Crippen LogP contribution in [0.4, 0.5) is 0 Å². The lowest BCUT2D eigenvalue weighted by molar-refractivity contribution is 1.23. The number of allylic oxidation sites excluding steroid dienone is 4. The third-order valence-corrected chi connectivity index (χ3v) is 1.12. The number of aliphatic imine (C=N–C) groups is 1. The molecular formula is C9H15N. The van der Waals surface area contributed by atoms with E-state index in [1.807, 2.05) is 33.1 Å². The fourth-order valence-electron chi connectivity index (χ4n) is 0.631. The Kier molecular flexibility index (Phi) is 5.74. The van der Waals surface area contributed by atoms with Crippen molar-refractivity contribution in [1.82, 2.24) is 0 Å². The molecule has 1 heteroatoms. The summed E-state index contributed by atoms with van der Waals surface area (Å²) in [5, 5.41) is 0. The van der Waals surface area contributed by atoms with Crippen molar-refractivity contribution in [3.8, 4) is 0 Å². The lowest BCUT2D eigenvalue weighted by Gasteiger charge is -1.87. The lowest BCUT2D eigenvalue weighted by Crippen LogP contribution is -1.68. The van der Waals surface area contributed by atoms with Crippen molar-refractivity contribution in [2.24, 2.45) is 4.99 Å². The van der Waals surface area contributed by atoms with Gasteiger partial charge in [0.25, 0.3) is 0 Å². The van der Waals surface area contributed by atoms with Gasteiger partial charge >= 0.3 is 0 Å². The molecule has 0 radical (unpaired) electrons. The minimum absolute atomic E-state index is 0.986. The summed E-state index contributed by atoms with van der Waals surface area (Å²) in [6, 6.07) is 0. The highest BCUT2D eigenvalue weighted by Crippen LogP contribution is 1.96. The summed E-state index contributed by atoms with van der Waals surface area (Å²) in [6.07, 6.45) is 9.04. The predicted molar refractivity (Wildman–Crippen MR) is 47.4 cm³/mol. The van der Waals surface area contributed by atoms with Crippen molar-refractivity contribution in [3.05, 3.63) is 23.9 Å². The second-order valence-electron chi connectivity index (χ2n) is 2.04. The van der Waals surface area contributed by atoms with Crippen molar-refractivity contribution in [3.63, 3.8) is 0 Å². The molecule has 0 rings (SSSR count). The topological polar surface area (TPSA) is 12.4 Å². The Hall–Kier alpha value is -0.850. The summed E-state index contributed by atoms with van der Waals surface area (Å²) < 4.78 is 0. The molecule has 0 aliphatic heterocycles. The molecular weight excluding hydrogens is 122 g/mol. The van der Waals surface area contributed by atoms with Gasteiger partial charge in [0.15, 0.2) is 0 Å². The fourth-order valence-corrected chi connectivity index (χ4v) is 0.631. The molecule has 0 aromatic heterocycles. The first-order chi connectivity index (χ1) is 4.81. The number of hydrogen-bond acceptors (Lipinski definition) is 1. The quantitative estimate of drug-likeness (QED) is 0.419. The van der Waals surface area contributed by atoms with Gasteiger partial charge in [-0.25, -0.2) is 0 Å². The van der Waals surface area contributed by atoms with Crippen LogP contribution in [0.5, 0.6) is 0 Å². The van der Waals surface area contributed by atoms with Gasteiger partial charge in [-0.1, -0.05) is 18.2 Å². The van der Waals surface area contributed by atoms with E-state index in [0.717, 1.165) is 12.1 Å². The highest BCUT2D eigenvalue weighted by Gasteiger charge is 1.77. The Balaban J connectivity index is 3.68. The van der Waals surface area contributed by atoms with Gasteiger partial charge in [0.05, 0.1) is 0 Å². The number of rotatable bonds is 3. The van der Waals surface area contributed by atoms with Crippen LogP contribution in [0.15, 0.2) is 28.9 Å². The van der Waals surface area contributed by atoms with E-state index in [1.54, 1.807) is 0 Å². The van der Waals surface area contributed by atoms with Crippen LogP contribution in [0.2, 0.25) is 0 Å². The van der Waals surface area contributed by atoms with Gasteiger partial charge in [-0.3, -0.25) is 4.99 Å². The van der Waals surface area contributed by atoms with Crippen molar-refractivity contribution < 1.29 is 0 Å². The molecule has 0 aliphatic carbocycles. The molecule has 0 aliphatic rings. The predicted octanol–water partition coefficient (Wildman–Crippen LogP) is 2.95. The molecule has 0 saturated heterocycles. The molecule has 0 heterocycles. The first kappa shape index (κ1) is 9.15. The largest absolute Gasteiger partial charge is 0.267 e. The maximum absolute atomic E-state index is 4.10. The minimum Gasteiger partial charge on any atom is -0.267 e. The Morgan fingerprint density at radius 3 is 2.60 bits per heavy atom. The zero-order valence-corrected chi connectivity index (χ0v) is 6.96. The van der Waals surface area contributed by atoms with Gasteiger partial charge in [0.2, 0.25) is 0 Å². The number of nitrogens with zero attached hydrogens (tertiary/aromatic N) is 1. The third-order valence-electron chi connectivity index (χ3n) is 1.12. The zero-order chi connectivity index (χ0) is 7.82. The Labute approximate surface area is 63.2 Å². The molecule has 0 bridgehead atoms. The third kappa shape index (κ3) is 5.29. The maximum Gasteiger partial charge on any atom is 0.0331 e. The highest BCUT2D eigenvalue weighted by molar-refractivity contribution is 5.55. The van der Waals surface area contributed by atoms with E-state index in [0.29, 0.717) is 0 Å². The molecule has 0 aromatic carbocycles.